The van der Waals surface area contributed by atoms with Crippen LogP contribution in [0, 0.1) is 19.3 Å². The molecule has 3 aromatic rings. The number of anilines is 1. The molecule has 0 unspecified atom stereocenters. The zero-order valence-electron chi connectivity index (χ0n) is 16.9. The van der Waals surface area contributed by atoms with E-state index in [0.29, 0.717) is 0 Å². The number of nitrogens with zero attached hydrogens (tertiary/aromatic N) is 2. The van der Waals surface area contributed by atoms with Crippen LogP contribution in [0.2, 0.25) is 0 Å². The fourth-order valence-electron chi connectivity index (χ4n) is 3.97. The highest BCUT2D eigenvalue weighted by Crippen LogP contribution is 2.39. The Balaban J connectivity index is 2.09. The summed E-state index contributed by atoms with van der Waals surface area (Å²) in [5.41, 5.74) is 5.24. The highest BCUT2D eigenvalue weighted by molar-refractivity contribution is 7.17. The molecule has 0 bridgehead atoms. The Labute approximate surface area is 160 Å². The monoisotopic (exact) mass is 367 g/mol. The van der Waals surface area contributed by atoms with E-state index in [-0.39, 0.29) is 11.0 Å². The lowest BCUT2D eigenvalue weighted by molar-refractivity contribution is 0.302. The molecule has 3 nitrogen and oxygen atoms in total. The van der Waals surface area contributed by atoms with Gasteiger partial charge in [-0.25, -0.2) is 9.97 Å². The first-order valence-corrected chi connectivity index (χ1v) is 10.0. The first-order chi connectivity index (χ1) is 12.1. The second kappa shape index (κ2) is 6.66. The molecule has 138 valence electrons. The molecule has 0 amide bonds. The van der Waals surface area contributed by atoms with Crippen LogP contribution in [0.4, 0.5) is 5.82 Å². The standard InChI is InChI=1S/C22H29N3S/c1-14-8-9-16(15(2)10-14)17-11-26-20-18(17)19(23-13-24-20)25-22(6,7)12-21(3,4)5/h8-11,13H,12H2,1-7H3,(H,23,24,25). The van der Waals surface area contributed by atoms with Crippen molar-refractivity contribution in [2.24, 2.45) is 5.41 Å². The van der Waals surface area contributed by atoms with Gasteiger partial charge in [-0.2, -0.15) is 0 Å². The minimum atomic E-state index is -0.0545. The lowest BCUT2D eigenvalue weighted by Crippen LogP contribution is -2.35. The molecule has 0 aliphatic rings. The van der Waals surface area contributed by atoms with Crippen LogP contribution in [0.25, 0.3) is 21.3 Å². The Bertz CT molecular complexity index is 932. The molecule has 0 radical (unpaired) electrons. The molecule has 0 saturated heterocycles. The van der Waals surface area contributed by atoms with Crippen LogP contribution in [-0.2, 0) is 0 Å². The van der Waals surface area contributed by atoms with Crippen molar-refractivity contribution in [2.75, 3.05) is 5.32 Å². The molecular formula is C22H29N3S. The van der Waals surface area contributed by atoms with Crippen LogP contribution in [0.5, 0.6) is 0 Å². The van der Waals surface area contributed by atoms with E-state index in [1.807, 2.05) is 0 Å². The summed E-state index contributed by atoms with van der Waals surface area (Å²) in [4.78, 5) is 10.2. The quantitative estimate of drug-likeness (QED) is 0.564. The molecular weight excluding hydrogens is 338 g/mol. The lowest BCUT2D eigenvalue weighted by Gasteiger charge is -2.34. The smallest absolute Gasteiger partial charge is 0.139 e. The Morgan fingerprint density at radius 1 is 1.00 bits per heavy atom. The van der Waals surface area contributed by atoms with Crippen molar-refractivity contribution in [1.82, 2.24) is 9.97 Å². The van der Waals surface area contributed by atoms with E-state index in [2.05, 4.69) is 87.3 Å². The Morgan fingerprint density at radius 3 is 2.38 bits per heavy atom. The number of thiophene rings is 1. The number of hydrogen-bond acceptors (Lipinski definition) is 4. The van der Waals surface area contributed by atoms with Gasteiger partial charge in [0.2, 0.25) is 0 Å². The summed E-state index contributed by atoms with van der Waals surface area (Å²) in [6, 6.07) is 6.62. The minimum absolute atomic E-state index is 0.0545. The largest absolute Gasteiger partial charge is 0.365 e. The van der Waals surface area contributed by atoms with Crippen molar-refractivity contribution in [3.63, 3.8) is 0 Å². The molecule has 4 heteroatoms. The maximum Gasteiger partial charge on any atom is 0.139 e. The van der Waals surface area contributed by atoms with Crippen molar-refractivity contribution in [2.45, 2.75) is 60.4 Å². The van der Waals surface area contributed by atoms with Gasteiger partial charge in [0.15, 0.2) is 0 Å². The third-order valence-corrected chi connectivity index (χ3v) is 5.36. The van der Waals surface area contributed by atoms with E-state index in [9.17, 15) is 0 Å². The number of benzene rings is 1. The number of rotatable bonds is 4. The Hall–Kier alpha value is -1.94. The van der Waals surface area contributed by atoms with Gasteiger partial charge in [-0.3, -0.25) is 0 Å². The predicted octanol–water partition coefficient (Wildman–Crippen LogP) is 6.60. The summed E-state index contributed by atoms with van der Waals surface area (Å²) in [5.74, 6) is 0.931. The zero-order chi connectivity index (χ0) is 19.1. The first kappa shape index (κ1) is 18.8. The Morgan fingerprint density at radius 2 is 1.73 bits per heavy atom. The van der Waals surface area contributed by atoms with Crippen molar-refractivity contribution in [1.29, 1.82) is 0 Å². The maximum atomic E-state index is 4.61. The second-order valence-corrected chi connectivity index (χ2v) is 9.97. The van der Waals surface area contributed by atoms with Crippen LogP contribution < -0.4 is 5.32 Å². The summed E-state index contributed by atoms with van der Waals surface area (Å²) in [5, 5.41) is 7.04. The van der Waals surface area contributed by atoms with Gasteiger partial charge < -0.3 is 5.32 Å². The summed E-state index contributed by atoms with van der Waals surface area (Å²) >= 11 is 1.68. The number of nitrogens with one attached hydrogen (secondary N) is 1. The molecule has 2 heterocycles. The fourth-order valence-corrected chi connectivity index (χ4v) is 4.88. The first-order valence-electron chi connectivity index (χ1n) is 9.14. The van der Waals surface area contributed by atoms with E-state index >= 15 is 0 Å². The lowest BCUT2D eigenvalue weighted by atomic mass is 9.82. The normalized spacial score (nSPS) is 12.6. The molecule has 0 aliphatic carbocycles. The number of aryl methyl sites for hydroxylation is 2. The van der Waals surface area contributed by atoms with Gasteiger partial charge in [0.1, 0.15) is 17.0 Å². The van der Waals surface area contributed by atoms with Gasteiger partial charge in [0, 0.05) is 16.5 Å². The van der Waals surface area contributed by atoms with Crippen molar-refractivity contribution in [3.8, 4) is 11.1 Å². The van der Waals surface area contributed by atoms with Gasteiger partial charge in [-0.05, 0) is 50.7 Å². The highest BCUT2D eigenvalue weighted by Gasteiger charge is 2.27. The molecule has 1 aromatic carbocycles. The molecule has 1 N–H and O–H groups in total. The van der Waals surface area contributed by atoms with E-state index in [4.69, 9.17) is 0 Å². The van der Waals surface area contributed by atoms with Gasteiger partial charge in [-0.15, -0.1) is 11.3 Å². The Kier molecular flexibility index (Phi) is 4.82. The SMILES string of the molecule is Cc1ccc(-c2csc3ncnc(NC(C)(C)CC(C)(C)C)c23)c(C)c1. The fraction of sp³-hybridized carbons (Fsp3) is 0.455. The molecule has 0 atom stereocenters. The van der Waals surface area contributed by atoms with Crippen molar-refractivity contribution >= 4 is 27.4 Å². The van der Waals surface area contributed by atoms with Crippen LogP contribution in [0.1, 0.15) is 52.2 Å². The topological polar surface area (TPSA) is 37.8 Å². The van der Waals surface area contributed by atoms with E-state index in [1.165, 1.54) is 22.3 Å². The third kappa shape index (κ3) is 4.07. The van der Waals surface area contributed by atoms with Crippen LogP contribution in [0.15, 0.2) is 29.9 Å². The molecule has 26 heavy (non-hydrogen) atoms. The maximum absolute atomic E-state index is 4.61. The van der Waals surface area contributed by atoms with Gasteiger partial charge >= 0.3 is 0 Å². The van der Waals surface area contributed by atoms with Crippen molar-refractivity contribution in [3.05, 3.63) is 41.0 Å². The number of aromatic nitrogens is 2. The summed E-state index contributed by atoms with van der Waals surface area (Å²) in [7, 11) is 0. The summed E-state index contributed by atoms with van der Waals surface area (Å²) in [6.45, 7) is 15.6. The average Bonchev–Trinajstić information content (AvgIpc) is 2.89. The van der Waals surface area contributed by atoms with Gasteiger partial charge in [0.05, 0.1) is 5.39 Å². The van der Waals surface area contributed by atoms with Crippen LogP contribution in [0.3, 0.4) is 0 Å². The van der Waals surface area contributed by atoms with Crippen LogP contribution in [-0.4, -0.2) is 15.5 Å². The molecule has 0 saturated carbocycles. The number of hydrogen-bond donors (Lipinski definition) is 1. The van der Waals surface area contributed by atoms with E-state index < -0.39 is 0 Å². The van der Waals surface area contributed by atoms with Gasteiger partial charge in [0.25, 0.3) is 0 Å². The molecule has 0 aliphatic heterocycles. The van der Waals surface area contributed by atoms with E-state index in [1.54, 1.807) is 17.7 Å². The van der Waals surface area contributed by atoms with Gasteiger partial charge in [-0.1, -0.05) is 44.5 Å². The van der Waals surface area contributed by atoms with Crippen LogP contribution >= 0.6 is 11.3 Å². The third-order valence-electron chi connectivity index (χ3n) is 4.47. The number of fused-ring (bicyclic) bond motifs is 1. The zero-order valence-corrected chi connectivity index (χ0v) is 17.7. The predicted molar refractivity (Wildman–Crippen MR) is 114 cm³/mol. The average molecular weight is 368 g/mol. The molecule has 3 rings (SSSR count). The minimum Gasteiger partial charge on any atom is -0.365 e. The second-order valence-electron chi connectivity index (χ2n) is 9.12. The summed E-state index contributed by atoms with van der Waals surface area (Å²) in [6.07, 6.45) is 2.72. The molecule has 0 spiro atoms. The highest BCUT2D eigenvalue weighted by atomic mass is 32.1. The summed E-state index contributed by atoms with van der Waals surface area (Å²) < 4.78 is 0. The molecule has 0 fully saturated rings. The van der Waals surface area contributed by atoms with Crippen molar-refractivity contribution < 1.29 is 0 Å². The van der Waals surface area contributed by atoms with E-state index in [0.717, 1.165) is 22.5 Å². The molecule has 2 aromatic heterocycles.